The van der Waals surface area contributed by atoms with Crippen molar-refractivity contribution in [1.82, 2.24) is 4.98 Å². The molecule has 25 heavy (non-hydrogen) atoms. The largest absolute Gasteiger partial charge is 0.366 e. The van der Waals surface area contributed by atoms with E-state index >= 15 is 0 Å². The predicted molar refractivity (Wildman–Crippen MR) is 106 cm³/mol. The van der Waals surface area contributed by atoms with Gasteiger partial charge in [0.15, 0.2) is 0 Å². The Kier molecular flexibility index (Phi) is 3.77. The Morgan fingerprint density at radius 3 is 2.48 bits per heavy atom. The van der Waals surface area contributed by atoms with Crippen LogP contribution >= 0.6 is 15.9 Å². The molecule has 1 heterocycles. The number of primary amides is 1. The van der Waals surface area contributed by atoms with Gasteiger partial charge < -0.3 is 5.73 Å². The van der Waals surface area contributed by atoms with Crippen molar-refractivity contribution in [1.29, 1.82) is 0 Å². The second-order valence-corrected chi connectivity index (χ2v) is 6.97. The topological polar surface area (TPSA) is 56.0 Å². The molecule has 0 aliphatic rings. The third-order valence-electron chi connectivity index (χ3n) is 4.45. The van der Waals surface area contributed by atoms with Crippen LogP contribution in [-0.4, -0.2) is 10.9 Å². The van der Waals surface area contributed by atoms with Gasteiger partial charge in [-0.25, -0.2) is 4.98 Å². The first kappa shape index (κ1) is 15.8. The molecule has 4 aromatic rings. The molecular formula is C21H15BrN2O. The Bertz CT molecular complexity index is 1150. The van der Waals surface area contributed by atoms with Gasteiger partial charge in [-0.15, -0.1) is 0 Å². The first-order valence-electron chi connectivity index (χ1n) is 7.93. The molecule has 0 spiro atoms. The molecule has 1 amide bonds. The second-order valence-electron chi connectivity index (χ2n) is 6.06. The van der Waals surface area contributed by atoms with Crippen LogP contribution in [0, 0.1) is 6.92 Å². The van der Waals surface area contributed by atoms with Crippen molar-refractivity contribution in [3.63, 3.8) is 0 Å². The van der Waals surface area contributed by atoms with Gasteiger partial charge in [0.05, 0.1) is 16.8 Å². The molecule has 122 valence electrons. The maximum atomic E-state index is 12.0. The maximum absolute atomic E-state index is 12.0. The number of amides is 1. The fraction of sp³-hybridized carbons (Fsp3) is 0.0476. The van der Waals surface area contributed by atoms with Gasteiger partial charge in [-0.2, -0.15) is 0 Å². The van der Waals surface area contributed by atoms with Gasteiger partial charge in [0, 0.05) is 15.4 Å². The smallest absolute Gasteiger partial charge is 0.249 e. The zero-order valence-corrected chi connectivity index (χ0v) is 15.2. The highest BCUT2D eigenvalue weighted by atomic mass is 79.9. The van der Waals surface area contributed by atoms with Gasteiger partial charge in [-0.1, -0.05) is 52.3 Å². The number of benzene rings is 3. The zero-order valence-electron chi connectivity index (χ0n) is 13.6. The van der Waals surface area contributed by atoms with Crippen LogP contribution in [0.3, 0.4) is 0 Å². The summed E-state index contributed by atoms with van der Waals surface area (Å²) in [4.78, 5) is 16.8. The number of carbonyl (C=O) groups is 1. The number of carbonyl (C=O) groups excluding carboxylic acids is 1. The fourth-order valence-corrected chi connectivity index (χ4v) is 3.57. The number of aryl methyl sites for hydroxylation is 1. The minimum atomic E-state index is -0.455. The molecule has 0 saturated heterocycles. The van der Waals surface area contributed by atoms with Crippen LogP contribution in [0.25, 0.3) is 32.9 Å². The Balaban J connectivity index is 2.07. The lowest BCUT2D eigenvalue weighted by Crippen LogP contribution is -2.12. The van der Waals surface area contributed by atoms with Gasteiger partial charge in [-0.3, -0.25) is 4.79 Å². The Morgan fingerprint density at radius 1 is 0.960 bits per heavy atom. The number of pyridine rings is 1. The van der Waals surface area contributed by atoms with E-state index < -0.39 is 5.91 Å². The van der Waals surface area contributed by atoms with Crippen molar-refractivity contribution in [3.05, 3.63) is 76.3 Å². The fourth-order valence-electron chi connectivity index (χ4n) is 3.21. The molecule has 3 nitrogen and oxygen atoms in total. The summed E-state index contributed by atoms with van der Waals surface area (Å²) in [7, 11) is 0. The van der Waals surface area contributed by atoms with Crippen LogP contribution in [0.1, 0.15) is 15.9 Å². The summed E-state index contributed by atoms with van der Waals surface area (Å²) in [6.45, 7) is 2.09. The highest BCUT2D eigenvalue weighted by molar-refractivity contribution is 9.10. The van der Waals surface area contributed by atoms with E-state index in [1.165, 1.54) is 10.9 Å². The number of nitrogens with zero attached hydrogens (tertiary/aromatic N) is 1. The lowest BCUT2D eigenvalue weighted by molar-refractivity contribution is 0.100. The van der Waals surface area contributed by atoms with E-state index in [2.05, 4.69) is 47.1 Å². The van der Waals surface area contributed by atoms with Gasteiger partial charge in [-0.05, 0) is 47.5 Å². The van der Waals surface area contributed by atoms with Crippen LogP contribution < -0.4 is 5.73 Å². The Hall–Kier alpha value is -2.72. The molecule has 1 aromatic heterocycles. The van der Waals surface area contributed by atoms with Crippen LogP contribution in [-0.2, 0) is 0 Å². The third-order valence-corrected chi connectivity index (χ3v) is 4.95. The van der Waals surface area contributed by atoms with E-state index in [0.29, 0.717) is 5.56 Å². The van der Waals surface area contributed by atoms with Crippen LogP contribution in [0.4, 0.5) is 0 Å². The van der Waals surface area contributed by atoms with Crippen molar-refractivity contribution >= 4 is 43.5 Å². The standard InChI is InChI=1S/C21H15BrN2O/c1-12-6-8-16(15-5-3-2-4-14(12)15)20-11-18(21(23)25)17-10-13(22)7-9-19(17)24-20/h2-11H,1H3,(H2,23,25). The molecule has 0 unspecified atom stereocenters. The van der Waals surface area contributed by atoms with Crippen molar-refractivity contribution < 1.29 is 4.79 Å². The Labute approximate surface area is 153 Å². The van der Waals surface area contributed by atoms with Crippen molar-refractivity contribution in [2.75, 3.05) is 0 Å². The zero-order chi connectivity index (χ0) is 17.6. The van der Waals surface area contributed by atoms with E-state index in [9.17, 15) is 4.79 Å². The van der Waals surface area contributed by atoms with Crippen molar-refractivity contribution in [2.45, 2.75) is 6.92 Å². The minimum absolute atomic E-state index is 0.455. The molecule has 0 saturated carbocycles. The minimum Gasteiger partial charge on any atom is -0.366 e. The molecule has 2 N–H and O–H groups in total. The molecule has 0 fully saturated rings. The van der Waals surface area contributed by atoms with Crippen molar-refractivity contribution in [3.8, 4) is 11.3 Å². The van der Waals surface area contributed by atoms with E-state index in [1.807, 2.05) is 30.3 Å². The van der Waals surface area contributed by atoms with Crippen molar-refractivity contribution in [2.24, 2.45) is 5.73 Å². The summed E-state index contributed by atoms with van der Waals surface area (Å²) < 4.78 is 0.887. The molecule has 4 heteroatoms. The number of hydrogen-bond donors (Lipinski definition) is 1. The quantitative estimate of drug-likeness (QED) is 0.509. The molecule has 3 aromatic carbocycles. The average Bonchev–Trinajstić information content (AvgIpc) is 2.61. The highest BCUT2D eigenvalue weighted by Gasteiger charge is 2.14. The van der Waals surface area contributed by atoms with Crippen LogP contribution in [0.15, 0.2) is 65.1 Å². The van der Waals surface area contributed by atoms with Gasteiger partial charge >= 0.3 is 0 Å². The highest BCUT2D eigenvalue weighted by Crippen LogP contribution is 2.32. The summed E-state index contributed by atoms with van der Waals surface area (Å²) in [5.74, 6) is -0.455. The monoisotopic (exact) mass is 390 g/mol. The molecule has 0 aliphatic carbocycles. The first-order valence-corrected chi connectivity index (χ1v) is 8.73. The van der Waals surface area contributed by atoms with E-state index in [4.69, 9.17) is 10.7 Å². The number of rotatable bonds is 2. The van der Waals surface area contributed by atoms with E-state index in [-0.39, 0.29) is 0 Å². The second kappa shape index (κ2) is 5.97. The number of nitrogens with two attached hydrogens (primary N) is 1. The average molecular weight is 391 g/mol. The van der Waals surface area contributed by atoms with E-state index in [1.54, 1.807) is 6.07 Å². The summed E-state index contributed by atoms with van der Waals surface area (Å²) in [5.41, 5.74) is 9.81. The number of hydrogen-bond acceptors (Lipinski definition) is 2. The number of halogens is 1. The predicted octanol–water partition coefficient (Wildman–Crippen LogP) is 5.22. The SMILES string of the molecule is Cc1ccc(-c2cc(C(N)=O)c3cc(Br)ccc3n2)c2ccccc12. The molecule has 4 rings (SSSR count). The van der Waals surface area contributed by atoms with E-state index in [0.717, 1.165) is 32.0 Å². The summed E-state index contributed by atoms with van der Waals surface area (Å²) in [5, 5.41) is 3.04. The molecule has 0 bridgehead atoms. The normalized spacial score (nSPS) is 11.1. The number of fused-ring (bicyclic) bond motifs is 2. The molecular weight excluding hydrogens is 376 g/mol. The third kappa shape index (κ3) is 2.68. The van der Waals surface area contributed by atoms with Gasteiger partial charge in [0.1, 0.15) is 0 Å². The lowest BCUT2D eigenvalue weighted by Gasteiger charge is -2.11. The summed E-state index contributed by atoms with van der Waals surface area (Å²) >= 11 is 3.44. The van der Waals surface area contributed by atoms with Crippen LogP contribution in [0.5, 0.6) is 0 Å². The Morgan fingerprint density at radius 2 is 1.72 bits per heavy atom. The molecule has 0 atom stereocenters. The maximum Gasteiger partial charge on any atom is 0.249 e. The molecule has 0 radical (unpaired) electrons. The molecule has 0 aliphatic heterocycles. The first-order chi connectivity index (χ1) is 12.0. The lowest BCUT2D eigenvalue weighted by atomic mass is 9.96. The summed E-state index contributed by atoms with van der Waals surface area (Å²) in [6.07, 6.45) is 0. The van der Waals surface area contributed by atoms with Gasteiger partial charge in [0.25, 0.3) is 0 Å². The summed E-state index contributed by atoms with van der Waals surface area (Å²) in [6, 6.07) is 19.8. The van der Waals surface area contributed by atoms with Crippen LogP contribution in [0.2, 0.25) is 0 Å². The number of aromatic nitrogens is 1. The van der Waals surface area contributed by atoms with Gasteiger partial charge in [0.2, 0.25) is 5.91 Å².